The molecule has 0 radical (unpaired) electrons. The maximum Gasteiger partial charge on any atom is 0.306 e. The summed E-state index contributed by atoms with van der Waals surface area (Å²) in [5, 5.41) is 14.9. The van der Waals surface area contributed by atoms with Crippen molar-refractivity contribution in [2.24, 2.45) is 5.92 Å². The van der Waals surface area contributed by atoms with Crippen molar-refractivity contribution in [3.63, 3.8) is 0 Å². The van der Waals surface area contributed by atoms with Crippen LogP contribution in [0.3, 0.4) is 0 Å². The van der Waals surface area contributed by atoms with Crippen LogP contribution in [-0.2, 0) is 14.8 Å². The summed E-state index contributed by atoms with van der Waals surface area (Å²) >= 11 is 0. The third-order valence-corrected chi connectivity index (χ3v) is 4.56. The van der Waals surface area contributed by atoms with Crippen LogP contribution >= 0.6 is 0 Å². The van der Waals surface area contributed by atoms with Gasteiger partial charge in [0, 0.05) is 6.04 Å². The van der Waals surface area contributed by atoms with Crippen LogP contribution < -0.4 is 4.72 Å². The lowest BCUT2D eigenvalue weighted by Crippen LogP contribution is -2.40. The molecule has 7 nitrogen and oxygen atoms in total. The van der Waals surface area contributed by atoms with Crippen molar-refractivity contribution in [2.75, 3.05) is 0 Å². The average Bonchev–Trinajstić information content (AvgIpc) is 2.82. The first kappa shape index (κ1) is 13.0. The van der Waals surface area contributed by atoms with E-state index in [4.69, 9.17) is 5.11 Å². The highest BCUT2D eigenvalue weighted by atomic mass is 32.2. The summed E-state index contributed by atoms with van der Waals surface area (Å²) < 4.78 is 26.3. The number of carboxylic acids is 1. The molecule has 18 heavy (non-hydrogen) atoms. The first-order valence-electron chi connectivity index (χ1n) is 5.73. The van der Waals surface area contributed by atoms with Gasteiger partial charge >= 0.3 is 5.97 Å². The molecule has 0 aromatic carbocycles. The molecule has 2 atom stereocenters. The number of hydrogen-bond donors (Lipinski definition) is 3. The fraction of sp³-hybridized carbons (Fsp3) is 0.600. The van der Waals surface area contributed by atoms with E-state index >= 15 is 0 Å². The minimum atomic E-state index is -3.63. The minimum absolute atomic E-state index is 0.0000477. The summed E-state index contributed by atoms with van der Waals surface area (Å²) in [7, 11) is -3.63. The predicted octanol–water partition coefficient (Wildman–Crippen LogP) is 0.331. The first-order chi connectivity index (χ1) is 8.49. The van der Waals surface area contributed by atoms with E-state index in [9.17, 15) is 13.2 Å². The van der Waals surface area contributed by atoms with Crippen LogP contribution in [0.2, 0.25) is 0 Å². The van der Waals surface area contributed by atoms with Crippen LogP contribution in [0.1, 0.15) is 25.7 Å². The monoisotopic (exact) mass is 273 g/mol. The fourth-order valence-corrected chi connectivity index (χ4v) is 3.39. The Hall–Kier alpha value is -1.41. The molecule has 2 rings (SSSR count). The molecule has 0 amide bonds. The Morgan fingerprint density at radius 1 is 1.50 bits per heavy atom. The lowest BCUT2D eigenvalue weighted by atomic mass is 9.86. The molecule has 0 aliphatic heterocycles. The van der Waals surface area contributed by atoms with Gasteiger partial charge in [0.05, 0.1) is 12.1 Å². The molecule has 1 fully saturated rings. The molecule has 0 saturated heterocycles. The van der Waals surface area contributed by atoms with E-state index in [-0.39, 0.29) is 11.1 Å². The van der Waals surface area contributed by atoms with E-state index in [0.717, 1.165) is 0 Å². The van der Waals surface area contributed by atoms with Crippen molar-refractivity contribution in [1.82, 2.24) is 14.9 Å². The van der Waals surface area contributed by atoms with Crippen molar-refractivity contribution in [3.05, 3.63) is 12.3 Å². The topological polar surface area (TPSA) is 112 Å². The predicted molar refractivity (Wildman–Crippen MR) is 62.3 cm³/mol. The summed E-state index contributed by atoms with van der Waals surface area (Å²) in [6.07, 6.45) is 3.68. The van der Waals surface area contributed by atoms with E-state index in [1.54, 1.807) is 0 Å². The van der Waals surface area contributed by atoms with Gasteiger partial charge in [-0.05, 0) is 25.3 Å². The summed E-state index contributed by atoms with van der Waals surface area (Å²) in [5.74, 6) is -1.33. The number of nitrogens with zero attached hydrogens (tertiary/aromatic N) is 1. The number of carboxylic acid groups (broad SMARTS) is 1. The van der Waals surface area contributed by atoms with E-state index in [0.29, 0.717) is 25.7 Å². The number of carbonyl (C=O) groups is 1. The molecule has 3 N–H and O–H groups in total. The molecule has 2 unspecified atom stereocenters. The van der Waals surface area contributed by atoms with Crippen LogP contribution in [0.4, 0.5) is 0 Å². The van der Waals surface area contributed by atoms with Gasteiger partial charge in [0.1, 0.15) is 0 Å². The SMILES string of the molecule is O=C(O)C1CCCC(NS(=O)(=O)c2ccn[nH]2)C1. The minimum Gasteiger partial charge on any atom is -0.481 e. The molecule has 1 aliphatic rings. The summed E-state index contributed by atoms with van der Waals surface area (Å²) in [6, 6.07) is 1.04. The second-order valence-corrected chi connectivity index (χ2v) is 6.12. The van der Waals surface area contributed by atoms with E-state index in [1.807, 2.05) is 0 Å². The summed E-state index contributed by atoms with van der Waals surface area (Å²) in [5.41, 5.74) is 0. The van der Waals surface area contributed by atoms with Gasteiger partial charge < -0.3 is 5.11 Å². The number of nitrogens with one attached hydrogen (secondary N) is 2. The molecular formula is C10H15N3O4S. The first-order valence-corrected chi connectivity index (χ1v) is 7.22. The zero-order valence-corrected chi connectivity index (χ0v) is 10.5. The van der Waals surface area contributed by atoms with Gasteiger partial charge in [-0.15, -0.1) is 0 Å². The molecule has 1 aliphatic carbocycles. The fourth-order valence-electron chi connectivity index (χ4n) is 2.20. The van der Waals surface area contributed by atoms with Gasteiger partial charge in [-0.2, -0.15) is 5.10 Å². The standard InChI is InChI=1S/C10H15N3O4S/c14-10(15)7-2-1-3-8(6-7)13-18(16,17)9-4-5-11-12-9/h4-5,7-8,13H,1-3,6H2,(H,11,12)(H,14,15). The van der Waals surface area contributed by atoms with Crippen molar-refractivity contribution in [3.8, 4) is 0 Å². The normalized spacial score (nSPS) is 24.9. The third kappa shape index (κ3) is 2.88. The molecule has 100 valence electrons. The van der Waals surface area contributed by atoms with Crippen LogP contribution in [0.5, 0.6) is 0 Å². The number of aromatic nitrogens is 2. The van der Waals surface area contributed by atoms with Gasteiger partial charge in [-0.3, -0.25) is 9.89 Å². The smallest absolute Gasteiger partial charge is 0.306 e. The van der Waals surface area contributed by atoms with Crippen molar-refractivity contribution in [2.45, 2.75) is 36.8 Å². The van der Waals surface area contributed by atoms with E-state index in [1.165, 1.54) is 12.3 Å². The zero-order chi connectivity index (χ0) is 13.2. The lowest BCUT2D eigenvalue weighted by Gasteiger charge is -2.26. The Morgan fingerprint density at radius 3 is 2.89 bits per heavy atom. The van der Waals surface area contributed by atoms with Crippen molar-refractivity contribution >= 4 is 16.0 Å². The van der Waals surface area contributed by atoms with Crippen molar-refractivity contribution in [1.29, 1.82) is 0 Å². The second-order valence-electron chi connectivity index (χ2n) is 4.44. The quantitative estimate of drug-likeness (QED) is 0.732. The molecule has 0 spiro atoms. The summed E-state index contributed by atoms with van der Waals surface area (Å²) in [4.78, 5) is 10.9. The van der Waals surface area contributed by atoms with Crippen LogP contribution in [-0.4, -0.2) is 35.7 Å². The van der Waals surface area contributed by atoms with E-state index < -0.39 is 21.9 Å². The van der Waals surface area contributed by atoms with Crippen LogP contribution in [0, 0.1) is 5.92 Å². The van der Waals surface area contributed by atoms with Crippen molar-refractivity contribution < 1.29 is 18.3 Å². The molecule has 1 saturated carbocycles. The number of rotatable bonds is 4. The molecule has 1 aromatic heterocycles. The van der Waals surface area contributed by atoms with Crippen LogP contribution in [0.25, 0.3) is 0 Å². The molecule has 1 heterocycles. The lowest BCUT2D eigenvalue weighted by molar-refractivity contribution is -0.143. The number of sulfonamides is 1. The zero-order valence-electron chi connectivity index (χ0n) is 9.67. The summed E-state index contributed by atoms with van der Waals surface area (Å²) in [6.45, 7) is 0. The Bertz CT molecular complexity index is 511. The Labute approximate surface area is 105 Å². The Morgan fingerprint density at radius 2 is 2.28 bits per heavy atom. The van der Waals surface area contributed by atoms with Gasteiger partial charge in [-0.25, -0.2) is 13.1 Å². The highest BCUT2D eigenvalue weighted by Gasteiger charge is 2.30. The second kappa shape index (κ2) is 5.07. The Kier molecular flexibility index (Phi) is 3.67. The molecular weight excluding hydrogens is 258 g/mol. The van der Waals surface area contributed by atoms with Gasteiger partial charge in [-0.1, -0.05) is 6.42 Å². The average molecular weight is 273 g/mol. The third-order valence-electron chi connectivity index (χ3n) is 3.11. The number of hydrogen-bond acceptors (Lipinski definition) is 4. The molecule has 0 bridgehead atoms. The Balaban J connectivity index is 2.03. The van der Waals surface area contributed by atoms with Gasteiger partial charge in [0.2, 0.25) is 0 Å². The van der Waals surface area contributed by atoms with Gasteiger partial charge in [0.15, 0.2) is 5.03 Å². The molecule has 1 aromatic rings. The van der Waals surface area contributed by atoms with Crippen LogP contribution in [0.15, 0.2) is 17.3 Å². The van der Waals surface area contributed by atoms with Gasteiger partial charge in [0.25, 0.3) is 10.0 Å². The number of H-pyrrole nitrogens is 1. The highest BCUT2D eigenvalue weighted by Crippen LogP contribution is 2.25. The van der Waals surface area contributed by atoms with E-state index in [2.05, 4.69) is 14.9 Å². The maximum absolute atomic E-state index is 11.9. The largest absolute Gasteiger partial charge is 0.481 e. The molecule has 8 heteroatoms. The number of aromatic amines is 1. The highest BCUT2D eigenvalue weighted by molar-refractivity contribution is 7.89. The maximum atomic E-state index is 11.9. The number of aliphatic carboxylic acids is 1.